The van der Waals surface area contributed by atoms with Crippen molar-refractivity contribution >= 4 is 13.3 Å². The van der Waals surface area contributed by atoms with Gasteiger partial charge in [0.2, 0.25) is 0 Å². The Bertz CT molecular complexity index is 924. The molecular weight excluding hydrogens is 271 g/mol. The number of hydrogen-bond donors (Lipinski definition) is 0. The van der Waals surface area contributed by atoms with Gasteiger partial charge in [0.05, 0.1) is 11.6 Å². The Morgan fingerprint density at radius 1 is 0.955 bits per heavy atom. The molecule has 102 valence electrons. The van der Waals surface area contributed by atoms with Crippen LogP contribution in [0.15, 0.2) is 71.7 Å². The molecule has 22 heavy (non-hydrogen) atoms. The smallest absolute Gasteiger partial charge is 0.262 e. The molecule has 0 atom stereocenters. The molecule has 2 radical (unpaired) electrons. The van der Waals surface area contributed by atoms with E-state index in [0.717, 1.165) is 5.69 Å². The highest BCUT2D eigenvalue weighted by Gasteiger charge is 2.11. The molecule has 1 heterocycles. The zero-order valence-corrected chi connectivity index (χ0v) is 11.7. The summed E-state index contributed by atoms with van der Waals surface area (Å²) in [6.07, 6.45) is 1.59. The number of hydrogen-bond acceptors (Lipinski definition) is 2. The average molecular weight is 282 g/mol. The maximum atomic E-state index is 12.8. The van der Waals surface area contributed by atoms with Crippen LogP contribution in [0.1, 0.15) is 5.56 Å². The predicted molar refractivity (Wildman–Crippen MR) is 87.6 cm³/mol. The SMILES string of the molecule is [B]c1cc(-c2ccccc2C#N)c(=O)n(-c2ccccc2)c1. The summed E-state index contributed by atoms with van der Waals surface area (Å²) in [5.74, 6) is 0. The molecule has 2 aromatic carbocycles. The second kappa shape index (κ2) is 5.75. The number of pyridine rings is 1. The van der Waals surface area contributed by atoms with Crippen molar-refractivity contribution in [1.29, 1.82) is 5.26 Å². The van der Waals surface area contributed by atoms with Gasteiger partial charge >= 0.3 is 0 Å². The van der Waals surface area contributed by atoms with E-state index >= 15 is 0 Å². The first-order chi connectivity index (χ1) is 10.7. The second-order valence-corrected chi connectivity index (χ2v) is 4.86. The molecule has 3 aromatic rings. The van der Waals surface area contributed by atoms with E-state index in [-0.39, 0.29) is 5.56 Å². The van der Waals surface area contributed by atoms with Gasteiger partial charge in [-0.05, 0) is 18.2 Å². The number of nitrogens with zero attached hydrogens (tertiary/aromatic N) is 2. The lowest BCUT2D eigenvalue weighted by Gasteiger charge is -2.11. The van der Waals surface area contributed by atoms with Gasteiger partial charge < -0.3 is 0 Å². The first-order valence-electron chi connectivity index (χ1n) is 6.78. The molecule has 0 bridgehead atoms. The van der Waals surface area contributed by atoms with Crippen LogP contribution in [0.25, 0.3) is 16.8 Å². The average Bonchev–Trinajstić information content (AvgIpc) is 2.57. The van der Waals surface area contributed by atoms with Crippen LogP contribution >= 0.6 is 0 Å². The van der Waals surface area contributed by atoms with Crippen molar-refractivity contribution in [3.05, 3.63) is 82.8 Å². The third-order valence-corrected chi connectivity index (χ3v) is 3.41. The predicted octanol–water partition coefficient (Wildman–Crippen LogP) is 2.17. The summed E-state index contributed by atoms with van der Waals surface area (Å²) in [7, 11) is 5.95. The highest BCUT2D eigenvalue weighted by molar-refractivity contribution is 6.32. The molecule has 3 nitrogen and oxygen atoms in total. The minimum Gasteiger partial charge on any atom is -0.284 e. The van der Waals surface area contributed by atoms with Gasteiger partial charge in [-0.1, -0.05) is 47.9 Å². The number of nitriles is 1. The Morgan fingerprint density at radius 3 is 2.36 bits per heavy atom. The quantitative estimate of drug-likeness (QED) is 0.676. The summed E-state index contributed by atoms with van der Waals surface area (Å²) in [4.78, 5) is 12.8. The monoisotopic (exact) mass is 282 g/mol. The Hall–Kier alpha value is -3.06. The Kier molecular flexibility index (Phi) is 3.63. The molecule has 0 saturated carbocycles. The van der Waals surface area contributed by atoms with Crippen LogP contribution in [-0.4, -0.2) is 12.4 Å². The lowest BCUT2D eigenvalue weighted by Crippen LogP contribution is -2.25. The van der Waals surface area contributed by atoms with Gasteiger partial charge in [-0.3, -0.25) is 9.36 Å². The zero-order chi connectivity index (χ0) is 15.5. The molecule has 3 rings (SSSR count). The summed E-state index contributed by atoms with van der Waals surface area (Å²) >= 11 is 0. The molecule has 0 aliphatic carbocycles. The van der Waals surface area contributed by atoms with Crippen molar-refractivity contribution in [3.8, 4) is 22.9 Å². The molecule has 0 aliphatic rings. The second-order valence-electron chi connectivity index (χ2n) is 4.86. The maximum absolute atomic E-state index is 12.8. The van der Waals surface area contributed by atoms with Crippen LogP contribution in [0.3, 0.4) is 0 Å². The van der Waals surface area contributed by atoms with Crippen LogP contribution in [-0.2, 0) is 0 Å². The topological polar surface area (TPSA) is 45.8 Å². The van der Waals surface area contributed by atoms with Gasteiger partial charge in [-0.2, -0.15) is 5.26 Å². The summed E-state index contributed by atoms with van der Waals surface area (Å²) in [5, 5.41) is 9.24. The third-order valence-electron chi connectivity index (χ3n) is 3.41. The fraction of sp³-hybridized carbons (Fsp3) is 0. The molecule has 4 heteroatoms. The summed E-state index contributed by atoms with van der Waals surface area (Å²) in [6.45, 7) is 0. The molecule has 0 spiro atoms. The molecule has 0 amide bonds. The van der Waals surface area contributed by atoms with E-state index in [1.165, 1.54) is 4.57 Å². The molecule has 0 fully saturated rings. The normalized spacial score (nSPS) is 10.1. The first-order valence-corrected chi connectivity index (χ1v) is 6.78. The number of aromatic nitrogens is 1. The summed E-state index contributed by atoms with van der Waals surface area (Å²) in [5.41, 5.74) is 2.45. The van der Waals surface area contributed by atoms with Gasteiger partial charge in [-0.15, -0.1) is 0 Å². The van der Waals surface area contributed by atoms with Gasteiger partial charge in [0.25, 0.3) is 5.56 Å². The lowest BCUT2D eigenvalue weighted by molar-refractivity contribution is 1.00. The van der Waals surface area contributed by atoms with Gasteiger partial charge in [0.1, 0.15) is 7.85 Å². The first kappa shape index (κ1) is 13.9. The van der Waals surface area contributed by atoms with E-state index in [4.69, 9.17) is 7.85 Å². The van der Waals surface area contributed by atoms with Gasteiger partial charge in [0.15, 0.2) is 0 Å². The standard InChI is InChI=1S/C18H11BN2O/c19-14-10-17(16-9-5-4-6-13(16)11-20)18(22)21(12-14)15-7-2-1-3-8-15/h1-10,12H. The third kappa shape index (κ3) is 2.45. The molecular formula is C18H11BN2O. The summed E-state index contributed by atoms with van der Waals surface area (Å²) < 4.78 is 1.50. The molecule has 1 aromatic heterocycles. The molecule has 0 unspecified atom stereocenters. The minimum atomic E-state index is -0.205. The Balaban J connectivity index is 2.30. The number of rotatable bonds is 2. The van der Waals surface area contributed by atoms with E-state index in [0.29, 0.717) is 22.2 Å². The van der Waals surface area contributed by atoms with Crippen molar-refractivity contribution < 1.29 is 0 Å². The number of para-hydroxylation sites is 1. The van der Waals surface area contributed by atoms with E-state index in [2.05, 4.69) is 6.07 Å². The van der Waals surface area contributed by atoms with Gasteiger partial charge in [0, 0.05) is 23.0 Å². The highest BCUT2D eigenvalue weighted by atomic mass is 16.1. The van der Waals surface area contributed by atoms with Crippen LogP contribution in [0.5, 0.6) is 0 Å². The van der Waals surface area contributed by atoms with Crippen molar-refractivity contribution in [2.75, 3.05) is 0 Å². The van der Waals surface area contributed by atoms with Crippen molar-refractivity contribution in [1.82, 2.24) is 4.57 Å². The van der Waals surface area contributed by atoms with Gasteiger partial charge in [-0.25, -0.2) is 0 Å². The summed E-state index contributed by atoms with van der Waals surface area (Å²) in [6, 6.07) is 20.0. The Labute approximate surface area is 129 Å². The van der Waals surface area contributed by atoms with Crippen LogP contribution in [0.2, 0.25) is 0 Å². The van der Waals surface area contributed by atoms with Crippen LogP contribution in [0, 0.1) is 11.3 Å². The molecule has 0 N–H and O–H groups in total. The van der Waals surface area contributed by atoms with E-state index in [1.807, 2.05) is 30.3 Å². The van der Waals surface area contributed by atoms with Crippen molar-refractivity contribution in [3.63, 3.8) is 0 Å². The highest BCUT2D eigenvalue weighted by Crippen LogP contribution is 2.19. The molecule has 0 aliphatic heterocycles. The minimum absolute atomic E-state index is 0.205. The lowest BCUT2D eigenvalue weighted by atomic mass is 9.93. The van der Waals surface area contributed by atoms with E-state index < -0.39 is 0 Å². The zero-order valence-electron chi connectivity index (χ0n) is 11.7. The number of benzene rings is 2. The van der Waals surface area contributed by atoms with E-state index in [9.17, 15) is 10.1 Å². The molecule has 0 saturated heterocycles. The van der Waals surface area contributed by atoms with Crippen LogP contribution < -0.4 is 11.0 Å². The van der Waals surface area contributed by atoms with Crippen molar-refractivity contribution in [2.24, 2.45) is 0 Å². The largest absolute Gasteiger partial charge is 0.284 e. The fourth-order valence-corrected chi connectivity index (χ4v) is 2.39. The van der Waals surface area contributed by atoms with Crippen LogP contribution in [0.4, 0.5) is 0 Å². The maximum Gasteiger partial charge on any atom is 0.262 e. The Morgan fingerprint density at radius 2 is 1.64 bits per heavy atom. The van der Waals surface area contributed by atoms with E-state index in [1.54, 1.807) is 36.5 Å². The van der Waals surface area contributed by atoms with Crippen molar-refractivity contribution in [2.45, 2.75) is 0 Å². The fourth-order valence-electron chi connectivity index (χ4n) is 2.39.